The van der Waals surface area contributed by atoms with Gasteiger partial charge in [0.15, 0.2) is 0 Å². The topological polar surface area (TPSA) is 53.9 Å². The Hall–Kier alpha value is -2.31. The van der Waals surface area contributed by atoms with Gasteiger partial charge in [0.1, 0.15) is 0 Å². The average Bonchev–Trinajstić information content (AvgIpc) is 2.91. The van der Waals surface area contributed by atoms with Crippen LogP contribution in [0.15, 0.2) is 52.3 Å². The van der Waals surface area contributed by atoms with Crippen LogP contribution in [0.3, 0.4) is 0 Å². The highest BCUT2D eigenvalue weighted by atomic mass is 32.2. The van der Waals surface area contributed by atoms with Crippen molar-refractivity contribution in [1.82, 2.24) is 5.32 Å². The molecular weight excluding hydrogens is 406 g/mol. The van der Waals surface area contributed by atoms with E-state index in [0.29, 0.717) is 24.2 Å². The van der Waals surface area contributed by atoms with Crippen molar-refractivity contribution in [2.45, 2.75) is 42.9 Å². The van der Waals surface area contributed by atoms with E-state index in [-0.39, 0.29) is 11.8 Å². The number of quaternary nitrogens is 1. The molecule has 5 nitrogen and oxygen atoms in total. The highest BCUT2D eigenvalue weighted by Crippen LogP contribution is 2.41. The smallest absolute Gasteiger partial charge is 0.259 e. The Morgan fingerprint density at radius 1 is 1.16 bits per heavy atom. The van der Waals surface area contributed by atoms with Crippen LogP contribution >= 0.6 is 11.8 Å². The Balaban J connectivity index is 1.41. The minimum absolute atomic E-state index is 0.0132. The van der Waals surface area contributed by atoms with Crippen molar-refractivity contribution in [1.29, 1.82) is 0 Å². The fourth-order valence-electron chi connectivity index (χ4n) is 4.44. The predicted molar refractivity (Wildman–Crippen MR) is 125 cm³/mol. The minimum Gasteiger partial charge on any atom is -0.352 e. The zero-order valence-electron chi connectivity index (χ0n) is 18.4. The van der Waals surface area contributed by atoms with Crippen LogP contribution in [0.1, 0.15) is 53.8 Å². The second-order valence-corrected chi connectivity index (χ2v) is 9.71. The Labute approximate surface area is 189 Å². The lowest BCUT2D eigenvalue weighted by atomic mass is 9.99. The normalized spacial score (nSPS) is 20.6. The van der Waals surface area contributed by atoms with Crippen LogP contribution < -0.4 is 15.1 Å². The largest absolute Gasteiger partial charge is 0.352 e. The molecule has 164 valence electrons. The number of anilines is 1. The van der Waals surface area contributed by atoms with Crippen molar-refractivity contribution in [3.63, 3.8) is 0 Å². The molecule has 2 aromatic carbocycles. The maximum Gasteiger partial charge on any atom is 0.259 e. The SMILES string of the molecule is CCN1C(=O)c2ccccc2Sc2ccc(C(=O)NCCC[NH+]3CCC(C)CC3)cc21. The van der Waals surface area contributed by atoms with E-state index in [4.69, 9.17) is 0 Å². The van der Waals surface area contributed by atoms with Crippen LogP contribution in [-0.2, 0) is 0 Å². The molecule has 0 aliphatic carbocycles. The lowest BCUT2D eigenvalue weighted by Crippen LogP contribution is -3.13. The number of carbonyl (C=O) groups is 2. The molecule has 2 aromatic rings. The molecule has 2 N–H and O–H groups in total. The van der Waals surface area contributed by atoms with Crippen molar-refractivity contribution in [2.75, 3.05) is 37.6 Å². The molecule has 2 aliphatic rings. The quantitative estimate of drug-likeness (QED) is 0.681. The number of hydrogen-bond donors (Lipinski definition) is 2. The van der Waals surface area contributed by atoms with Gasteiger partial charge < -0.3 is 15.1 Å². The van der Waals surface area contributed by atoms with E-state index in [1.54, 1.807) is 21.6 Å². The highest BCUT2D eigenvalue weighted by Gasteiger charge is 2.27. The van der Waals surface area contributed by atoms with Gasteiger partial charge in [-0.05, 0) is 56.0 Å². The minimum atomic E-state index is -0.0691. The van der Waals surface area contributed by atoms with Gasteiger partial charge in [-0.25, -0.2) is 0 Å². The fourth-order valence-corrected chi connectivity index (χ4v) is 5.50. The zero-order chi connectivity index (χ0) is 21.8. The Morgan fingerprint density at radius 3 is 2.71 bits per heavy atom. The maximum atomic E-state index is 13.1. The summed E-state index contributed by atoms with van der Waals surface area (Å²) in [5, 5.41) is 3.07. The Kier molecular flexibility index (Phi) is 6.98. The molecule has 0 bridgehead atoms. The third kappa shape index (κ3) is 4.96. The van der Waals surface area contributed by atoms with E-state index in [2.05, 4.69) is 12.2 Å². The highest BCUT2D eigenvalue weighted by molar-refractivity contribution is 7.99. The van der Waals surface area contributed by atoms with Crippen LogP contribution in [0.25, 0.3) is 0 Å². The summed E-state index contributed by atoms with van der Waals surface area (Å²) in [6.45, 7) is 9.17. The van der Waals surface area contributed by atoms with E-state index in [1.165, 1.54) is 25.9 Å². The van der Waals surface area contributed by atoms with Gasteiger partial charge in [-0.1, -0.05) is 30.8 Å². The van der Waals surface area contributed by atoms with Crippen LogP contribution in [-0.4, -0.2) is 44.5 Å². The number of amides is 2. The molecule has 0 atom stereocenters. The molecular formula is C25H32N3O2S+. The zero-order valence-corrected chi connectivity index (χ0v) is 19.3. The molecule has 0 saturated carbocycles. The summed E-state index contributed by atoms with van der Waals surface area (Å²) in [6, 6.07) is 13.4. The molecule has 2 heterocycles. The first-order valence-corrected chi connectivity index (χ1v) is 12.2. The van der Waals surface area contributed by atoms with Crippen molar-refractivity contribution >= 4 is 29.3 Å². The lowest BCUT2D eigenvalue weighted by molar-refractivity contribution is -0.906. The first kappa shape index (κ1) is 21.9. The first-order chi connectivity index (χ1) is 15.1. The molecule has 1 fully saturated rings. The van der Waals surface area contributed by atoms with Gasteiger partial charge in [0.2, 0.25) is 0 Å². The molecule has 0 spiro atoms. The summed E-state index contributed by atoms with van der Waals surface area (Å²) in [5.41, 5.74) is 2.13. The van der Waals surface area contributed by atoms with Crippen molar-refractivity contribution in [2.24, 2.45) is 5.92 Å². The standard InChI is InChI=1S/C25H31N3O2S/c1-3-28-21-17-19(24(29)26-13-6-14-27-15-11-18(2)12-16-27)9-10-23(21)31-22-8-5-4-7-20(22)25(28)30/h4-5,7-10,17-18H,3,6,11-16H2,1-2H3,(H,26,29)/p+1. The van der Waals surface area contributed by atoms with E-state index in [9.17, 15) is 9.59 Å². The van der Waals surface area contributed by atoms with Crippen LogP contribution in [0, 0.1) is 5.92 Å². The summed E-state index contributed by atoms with van der Waals surface area (Å²) >= 11 is 1.59. The van der Waals surface area contributed by atoms with E-state index in [0.717, 1.165) is 34.4 Å². The van der Waals surface area contributed by atoms with E-state index >= 15 is 0 Å². The van der Waals surface area contributed by atoms with Crippen LogP contribution in [0.2, 0.25) is 0 Å². The molecule has 2 amide bonds. The lowest BCUT2D eigenvalue weighted by Gasteiger charge is -2.27. The maximum absolute atomic E-state index is 13.1. The number of carbonyl (C=O) groups excluding carboxylic acids is 2. The predicted octanol–water partition coefficient (Wildman–Crippen LogP) is 3.25. The molecule has 1 saturated heterocycles. The number of piperidine rings is 1. The van der Waals surface area contributed by atoms with Gasteiger partial charge in [-0.15, -0.1) is 0 Å². The second kappa shape index (κ2) is 9.88. The third-order valence-corrected chi connectivity index (χ3v) is 7.53. The van der Waals surface area contributed by atoms with Gasteiger partial charge in [0.25, 0.3) is 11.8 Å². The van der Waals surface area contributed by atoms with E-state index < -0.39 is 0 Å². The van der Waals surface area contributed by atoms with Gasteiger partial charge >= 0.3 is 0 Å². The fraction of sp³-hybridized carbons (Fsp3) is 0.440. The summed E-state index contributed by atoms with van der Waals surface area (Å²) < 4.78 is 0. The van der Waals surface area contributed by atoms with Gasteiger partial charge in [0, 0.05) is 34.9 Å². The number of hydrogen-bond acceptors (Lipinski definition) is 3. The van der Waals surface area contributed by atoms with Crippen molar-refractivity contribution < 1.29 is 14.5 Å². The van der Waals surface area contributed by atoms with Crippen LogP contribution in [0.5, 0.6) is 0 Å². The number of rotatable bonds is 6. The second-order valence-electron chi connectivity index (χ2n) is 8.62. The Morgan fingerprint density at radius 2 is 1.94 bits per heavy atom. The molecule has 0 unspecified atom stereocenters. The molecule has 4 rings (SSSR count). The number of likely N-dealkylation sites (tertiary alicyclic amines) is 1. The summed E-state index contributed by atoms with van der Waals surface area (Å²) in [5.74, 6) is 0.776. The van der Waals surface area contributed by atoms with E-state index in [1.807, 2.05) is 49.4 Å². The number of nitrogens with zero attached hydrogens (tertiary/aromatic N) is 1. The Bertz CT molecular complexity index is 954. The van der Waals surface area contributed by atoms with Crippen molar-refractivity contribution in [3.05, 3.63) is 53.6 Å². The number of nitrogens with one attached hydrogen (secondary N) is 2. The van der Waals surface area contributed by atoms with Crippen LogP contribution in [0.4, 0.5) is 5.69 Å². The van der Waals surface area contributed by atoms with Gasteiger partial charge in [-0.3, -0.25) is 9.59 Å². The van der Waals surface area contributed by atoms with Gasteiger partial charge in [-0.2, -0.15) is 0 Å². The monoisotopic (exact) mass is 438 g/mol. The molecule has 31 heavy (non-hydrogen) atoms. The summed E-state index contributed by atoms with van der Waals surface area (Å²) in [4.78, 5) is 31.3. The first-order valence-electron chi connectivity index (χ1n) is 11.4. The summed E-state index contributed by atoms with van der Waals surface area (Å²) in [6.07, 6.45) is 3.61. The average molecular weight is 439 g/mol. The molecule has 0 aromatic heterocycles. The molecule has 0 radical (unpaired) electrons. The van der Waals surface area contributed by atoms with Crippen molar-refractivity contribution in [3.8, 4) is 0 Å². The number of fused-ring (bicyclic) bond motifs is 2. The molecule has 2 aliphatic heterocycles. The third-order valence-electron chi connectivity index (χ3n) is 6.38. The van der Waals surface area contributed by atoms with Gasteiger partial charge in [0.05, 0.1) is 30.9 Å². The summed E-state index contributed by atoms with van der Waals surface area (Å²) in [7, 11) is 0. The number of benzene rings is 2. The molecule has 6 heteroatoms.